The highest BCUT2D eigenvalue weighted by Gasteiger charge is 2.02. The minimum Gasteiger partial charge on any atom is -0.508 e. The van der Waals surface area contributed by atoms with Crippen LogP contribution in [0.4, 0.5) is 11.4 Å². The molecule has 0 radical (unpaired) electrons. The number of hydrogen-bond donors (Lipinski definition) is 3. The third kappa shape index (κ3) is 2.68. The van der Waals surface area contributed by atoms with Gasteiger partial charge >= 0.3 is 0 Å². The number of nitrogens with one attached hydrogen (secondary N) is 1. The van der Waals surface area contributed by atoms with Crippen molar-refractivity contribution in [3.05, 3.63) is 47.8 Å². The first-order valence-corrected chi connectivity index (χ1v) is 5.36. The van der Waals surface area contributed by atoms with Gasteiger partial charge in [-0.25, -0.2) is 4.98 Å². The lowest BCUT2D eigenvalue weighted by Gasteiger charge is -2.08. The predicted octanol–water partition coefficient (Wildman–Crippen LogP) is 1.85. The van der Waals surface area contributed by atoms with E-state index in [2.05, 4.69) is 10.3 Å². The highest BCUT2D eigenvalue weighted by molar-refractivity contribution is 5.51. The molecule has 0 aliphatic carbocycles. The molecule has 1 heterocycles. The Morgan fingerprint density at radius 1 is 1.33 bits per heavy atom. The molecule has 0 atom stereocenters. The first-order valence-electron chi connectivity index (χ1n) is 5.36. The van der Waals surface area contributed by atoms with Gasteiger partial charge in [0.15, 0.2) is 0 Å². The monoisotopic (exact) mass is 240 g/mol. The van der Waals surface area contributed by atoms with E-state index in [1.54, 1.807) is 36.5 Å². The normalized spacial score (nSPS) is 9.72. The third-order valence-electron chi connectivity index (χ3n) is 2.46. The van der Waals surface area contributed by atoms with Crippen molar-refractivity contribution >= 4 is 11.4 Å². The van der Waals surface area contributed by atoms with Crippen LogP contribution < -0.4 is 11.1 Å². The molecular weight excluding hydrogens is 228 g/mol. The first kappa shape index (κ1) is 11.7. The van der Waals surface area contributed by atoms with E-state index < -0.39 is 0 Å². The average Bonchev–Trinajstić information content (AvgIpc) is 2.40. The Hall–Kier alpha value is -2.74. The average molecular weight is 240 g/mol. The summed E-state index contributed by atoms with van der Waals surface area (Å²) in [5.41, 5.74) is 8.06. The number of nitrogen functional groups attached to an aromatic ring is 1. The summed E-state index contributed by atoms with van der Waals surface area (Å²) in [6, 6.07) is 10.3. The van der Waals surface area contributed by atoms with E-state index in [1.165, 1.54) is 0 Å². The molecular formula is C13H12N4O. The van der Waals surface area contributed by atoms with Crippen LogP contribution in [0.25, 0.3) is 0 Å². The van der Waals surface area contributed by atoms with E-state index in [1.807, 2.05) is 6.07 Å². The number of phenols is 1. The highest BCUT2D eigenvalue weighted by atomic mass is 16.3. The molecule has 0 spiro atoms. The van der Waals surface area contributed by atoms with Crippen molar-refractivity contribution in [1.82, 2.24) is 4.98 Å². The molecule has 0 saturated carbocycles. The number of aromatic hydroxyl groups is 1. The minimum atomic E-state index is 0.186. The fourth-order valence-electron chi connectivity index (χ4n) is 1.55. The molecule has 0 unspecified atom stereocenters. The van der Waals surface area contributed by atoms with Crippen molar-refractivity contribution in [2.75, 3.05) is 11.1 Å². The summed E-state index contributed by atoms with van der Waals surface area (Å²) >= 11 is 0. The van der Waals surface area contributed by atoms with E-state index >= 15 is 0 Å². The van der Waals surface area contributed by atoms with Crippen LogP contribution in [0.3, 0.4) is 0 Å². The molecule has 0 bridgehead atoms. The lowest BCUT2D eigenvalue weighted by molar-refractivity contribution is 0.469. The van der Waals surface area contributed by atoms with Crippen molar-refractivity contribution in [3.8, 4) is 11.8 Å². The lowest BCUT2D eigenvalue weighted by atomic mass is 10.1. The molecule has 1 aromatic carbocycles. The summed E-state index contributed by atoms with van der Waals surface area (Å²) in [4.78, 5) is 3.87. The number of nitriles is 1. The maximum Gasteiger partial charge on any atom is 0.142 e. The molecule has 18 heavy (non-hydrogen) atoms. The smallest absolute Gasteiger partial charge is 0.142 e. The maximum absolute atomic E-state index is 9.65. The molecule has 0 aliphatic rings. The topological polar surface area (TPSA) is 95.0 Å². The van der Waals surface area contributed by atoms with E-state index in [0.29, 0.717) is 23.5 Å². The van der Waals surface area contributed by atoms with Gasteiger partial charge in [-0.3, -0.25) is 0 Å². The molecule has 90 valence electrons. The van der Waals surface area contributed by atoms with Crippen molar-refractivity contribution in [2.45, 2.75) is 6.54 Å². The quantitative estimate of drug-likeness (QED) is 0.562. The van der Waals surface area contributed by atoms with Gasteiger partial charge < -0.3 is 16.2 Å². The zero-order chi connectivity index (χ0) is 13.0. The molecule has 5 heteroatoms. The zero-order valence-corrected chi connectivity index (χ0v) is 9.59. The number of nitrogens with two attached hydrogens (primary N) is 1. The predicted molar refractivity (Wildman–Crippen MR) is 68.8 cm³/mol. The number of benzene rings is 1. The van der Waals surface area contributed by atoms with Gasteiger partial charge in [-0.2, -0.15) is 5.26 Å². The molecule has 5 nitrogen and oxygen atoms in total. The van der Waals surface area contributed by atoms with E-state index in [0.717, 1.165) is 5.69 Å². The molecule has 0 saturated heterocycles. The molecule has 1 aromatic heterocycles. The number of nitrogens with zero attached hydrogens (tertiary/aromatic N) is 2. The number of rotatable bonds is 3. The summed E-state index contributed by atoms with van der Waals surface area (Å²) in [6.07, 6.45) is 1.56. The van der Waals surface area contributed by atoms with Gasteiger partial charge in [0.1, 0.15) is 17.5 Å². The third-order valence-corrected chi connectivity index (χ3v) is 2.46. The fraction of sp³-hybridized carbons (Fsp3) is 0.0769. The van der Waals surface area contributed by atoms with Gasteiger partial charge in [0, 0.05) is 29.7 Å². The Morgan fingerprint density at radius 3 is 2.94 bits per heavy atom. The second-order valence-corrected chi connectivity index (χ2v) is 3.78. The SMILES string of the molecule is N#Cc1cc(NCc2cc(N)ccc2O)ccn1. The molecule has 4 N–H and O–H groups in total. The number of anilines is 2. The van der Waals surface area contributed by atoms with Crippen LogP contribution in [0.2, 0.25) is 0 Å². The molecule has 0 aliphatic heterocycles. The van der Waals surface area contributed by atoms with Gasteiger partial charge in [0.2, 0.25) is 0 Å². The maximum atomic E-state index is 9.65. The van der Waals surface area contributed by atoms with Crippen LogP contribution in [0.1, 0.15) is 11.3 Å². The van der Waals surface area contributed by atoms with Gasteiger partial charge in [-0.15, -0.1) is 0 Å². The largest absolute Gasteiger partial charge is 0.508 e. The van der Waals surface area contributed by atoms with Crippen molar-refractivity contribution in [1.29, 1.82) is 5.26 Å². The molecule has 2 rings (SSSR count). The zero-order valence-electron chi connectivity index (χ0n) is 9.59. The Morgan fingerprint density at radius 2 is 2.17 bits per heavy atom. The summed E-state index contributed by atoms with van der Waals surface area (Å²) < 4.78 is 0. The van der Waals surface area contributed by atoms with Crippen molar-refractivity contribution in [3.63, 3.8) is 0 Å². The number of phenolic OH excluding ortho intramolecular Hbond substituents is 1. The molecule has 0 amide bonds. The number of hydrogen-bond acceptors (Lipinski definition) is 5. The Labute approximate surface area is 105 Å². The summed E-state index contributed by atoms with van der Waals surface area (Å²) in [5.74, 6) is 0.186. The van der Waals surface area contributed by atoms with Crippen LogP contribution in [0.5, 0.6) is 5.75 Å². The Balaban J connectivity index is 2.11. The molecule has 2 aromatic rings. The fourth-order valence-corrected chi connectivity index (χ4v) is 1.55. The van der Waals surface area contributed by atoms with Crippen LogP contribution in [0.15, 0.2) is 36.5 Å². The molecule has 0 fully saturated rings. The summed E-state index contributed by atoms with van der Waals surface area (Å²) in [7, 11) is 0. The van der Waals surface area contributed by atoms with Gasteiger partial charge in [0.05, 0.1) is 0 Å². The first-order chi connectivity index (χ1) is 8.69. The second kappa shape index (κ2) is 5.06. The second-order valence-electron chi connectivity index (χ2n) is 3.78. The summed E-state index contributed by atoms with van der Waals surface area (Å²) in [5, 5.41) is 21.5. The number of pyridine rings is 1. The van der Waals surface area contributed by atoms with Crippen molar-refractivity contribution < 1.29 is 5.11 Å². The van der Waals surface area contributed by atoms with Crippen LogP contribution >= 0.6 is 0 Å². The Bertz CT molecular complexity index is 604. The standard InChI is InChI=1S/C13H12N4O/c14-7-12-6-11(3-4-16-12)17-8-9-5-10(15)1-2-13(9)18/h1-6,18H,8,15H2,(H,16,17). The Kier molecular flexibility index (Phi) is 3.30. The van der Waals surface area contributed by atoms with Crippen LogP contribution in [0, 0.1) is 11.3 Å². The van der Waals surface area contributed by atoms with Gasteiger partial charge in [-0.1, -0.05) is 0 Å². The number of aromatic nitrogens is 1. The van der Waals surface area contributed by atoms with Crippen LogP contribution in [-0.4, -0.2) is 10.1 Å². The van der Waals surface area contributed by atoms with E-state index in [4.69, 9.17) is 11.0 Å². The van der Waals surface area contributed by atoms with Crippen molar-refractivity contribution in [2.24, 2.45) is 0 Å². The minimum absolute atomic E-state index is 0.186. The van der Waals surface area contributed by atoms with Crippen LogP contribution in [-0.2, 0) is 6.54 Å². The lowest BCUT2D eigenvalue weighted by Crippen LogP contribution is -2.01. The van der Waals surface area contributed by atoms with E-state index in [-0.39, 0.29) is 5.75 Å². The van der Waals surface area contributed by atoms with Gasteiger partial charge in [0.25, 0.3) is 0 Å². The highest BCUT2D eigenvalue weighted by Crippen LogP contribution is 2.21. The summed E-state index contributed by atoms with van der Waals surface area (Å²) in [6.45, 7) is 0.422. The van der Waals surface area contributed by atoms with Gasteiger partial charge in [-0.05, 0) is 30.3 Å². The van der Waals surface area contributed by atoms with E-state index in [9.17, 15) is 5.11 Å².